The predicted molar refractivity (Wildman–Crippen MR) is 90.2 cm³/mol. The van der Waals surface area contributed by atoms with Gasteiger partial charge in [0.15, 0.2) is 0 Å². The zero-order valence-corrected chi connectivity index (χ0v) is 13.2. The first-order valence-electron chi connectivity index (χ1n) is 8.45. The van der Waals surface area contributed by atoms with Gasteiger partial charge in [0.05, 0.1) is 12.6 Å². The van der Waals surface area contributed by atoms with Crippen molar-refractivity contribution in [1.82, 2.24) is 10.2 Å². The molecule has 2 aliphatic heterocycles. The second-order valence-corrected chi connectivity index (χ2v) is 6.32. The van der Waals surface area contributed by atoms with E-state index in [0.29, 0.717) is 13.2 Å². The van der Waals surface area contributed by atoms with Gasteiger partial charge in [-0.2, -0.15) is 0 Å². The highest BCUT2D eigenvalue weighted by atomic mass is 16.5. The van der Waals surface area contributed by atoms with Crippen LogP contribution in [0.2, 0.25) is 0 Å². The van der Waals surface area contributed by atoms with Crippen LogP contribution in [-0.4, -0.2) is 43.2 Å². The molecular weight excluding hydrogens is 288 g/mol. The van der Waals surface area contributed by atoms with Crippen LogP contribution in [0.25, 0.3) is 10.8 Å². The summed E-state index contributed by atoms with van der Waals surface area (Å²) >= 11 is 0. The fraction of sp³-hybridized carbons (Fsp3) is 0.421. The lowest BCUT2D eigenvalue weighted by molar-refractivity contribution is -0.146. The molecule has 0 aliphatic carbocycles. The number of carbonyl (C=O) groups is 1. The highest BCUT2D eigenvalue weighted by Gasteiger charge is 2.35. The fourth-order valence-corrected chi connectivity index (χ4v) is 3.80. The molecule has 1 N–H and O–H groups in total. The average Bonchev–Trinajstić information content (AvgIpc) is 3.11. The molecule has 2 unspecified atom stereocenters. The first-order chi connectivity index (χ1) is 11.3. The van der Waals surface area contributed by atoms with E-state index in [1.165, 1.54) is 16.3 Å². The lowest BCUT2D eigenvalue weighted by Crippen LogP contribution is -2.49. The van der Waals surface area contributed by atoms with Crippen LogP contribution in [0.1, 0.15) is 24.4 Å². The van der Waals surface area contributed by atoms with Crippen molar-refractivity contribution in [1.29, 1.82) is 0 Å². The van der Waals surface area contributed by atoms with Gasteiger partial charge in [-0.3, -0.25) is 4.79 Å². The minimum absolute atomic E-state index is 0.132. The average molecular weight is 310 g/mol. The van der Waals surface area contributed by atoms with E-state index in [0.717, 1.165) is 25.9 Å². The normalized spacial score (nSPS) is 25.0. The topological polar surface area (TPSA) is 41.6 Å². The quantitative estimate of drug-likeness (QED) is 0.926. The molecule has 4 heteroatoms. The summed E-state index contributed by atoms with van der Waals surface area (Å²) in [5.41, 5.74) is 1.26. The molecule has 2 aromatic rings. The monoisotopic (exact) mass is 310 g/mol. The zero-order valence-electron chi connectivity index (χ0n) is 13.2. The number of benzene rings is 2. The van der Waals surface area contributed by atoms with Gasteiger partial charge in [0.25, 0.3) is 5.91 Å². The van der Waals surface area contributed by atoms with E-state index in [2.05, 4.69) is 47.8 Å². The summed E-state index contributed by atoms with van der Waals surface area (Å²) in [5.74, 6) is 0.132. The highest BCUT2D eigenvalue weighted by Crippen LogP contribution is 2.36. The number of amides is 1. The molecule has 4 nitrogen and oxygen atoms in total. The molecule has 0 aromatic heterocycles. The zero-order chi connectivity index (χ0) is 15.6. The van der Waals surface area contributed by atoms with Gasteiger partial charge in [-0.05, 0) is 29.2 Å². The summed E-state index contributed by atoms with van der Waals surface area (Å²) in [4.78, 5) is 14.9. The smallest absolute Gasteiger partial charge is 0.253 e. The Morgan fingerprint density at radius 3 is 2.91 bits per heavy atom. The summed E-state index contributed by atoms with van der Waals surface area (Å²) < 4.78 is 5.67. The van der Waals surface area contributed by atoms with Crippen molar-refractivity contribution in [3.8, 4) is 0 Å². The predicted octanol–water partition coefficient (Wildman–Crippen LogP) is 2.49. The maximum atomic E-state index is 12.9. The number of rotatable bonds is 2. The summed E-state index contributed by atoms with van der Waals surface area (Å²) in [5, 5.41) is 5.74. The number of hydrogen-bond acceptors (Lipinski definition) is 3. The lowest BCUT2D eigenvalue weighted by Gasteiger charge is -2.31. The Kier molecular flexibility index (Phi) is 4.02. The van der Waals surface area contributed by atoms with Crippen LogP contribution in [0, 0.1) is 0 Å². The van der Waals surface area contributed by atoms with Gasteiger partial charge < -0.3 is 15.0 Å². The standard InChI is InChI=1S/C19H22N2O2/c22-19(18-13-20-10-12-23-18)21-11-4-9-17(21)16-8-3-6-14-5-1-2-7-15(14)16/h1-3,5-8,17-18,20H,4,9-13H2. The Labute approximate surface area is 136 Å². The largest absolute Gasteiger partial charge is 0.366 e. The summed E-state index contributed by atoms with van der Waals surface area (Å²) in [6, 6.07) is 15.0. The third-order valence-corrected chi connectivity index (χ3v) is 4.92. The van der Waals surface area contributed by atoms with Crippen molar-refractivity contribution < 1.29 is 9.53 Å². The van der Waals surface area contributed by atoms with Crippen molar-refractivity contribution in [3.63, 3.8) is 0 Å². The SMILES string of the molecule is O=C(C1CNCCO1)N1CCCC1c1cccc2ccccc12. The van der Waals surface area contributed by atoms with E-state index in [1.807, 2.05) is 4.90 Å². The number of morpholine rings is 1. The molecule has 0 spiro atoms. The van der Waals surface area contributed by atoms with Gasteiger partial charge in [0.2, 0.25) is 0 Å². The van der Waals surface area contributed by atoms with Crippen LogP contribution >= 0.6 is 0 Å². The van der Waals surface area contributed by atoms with Crippen molar-refractivity contribution in [2.24, 2.45) is 0 Å². The number of likely N-dealkylation sites (tertiary alicyclic amines) is 1. The van der Waals surface area contributed by atoms with Gasteiger partial charge >= 0.3 is 0 Å². The van der Waals surface area contributed by atoms with Crippen LogP contribution in [0.15, 0.2) is 42.5 Å². The molecule has 120 valence electrons. The van der Waals surface area contributed by atoms with E-state index < -0.39 is 0 Å². The molecule has 0 radical (unpaired) electrons. The van der Waals surface area contributed by atoms with Crippen molar-refractivity contribution >= 4 is 16.7 Å². The molecule has 0 bridgehead atoms. The van der Waals surface area contributed by atoms with E-state index >= 15 is 0 Å². The minimum atomic E-state index is -0.334. The Bertz CT molecular complexity index is 704. The van der Waals surface area contributed by atoms with Crippen LogP contribution in [0.3, 0.4) is 0 Å². The van der Waals surface area contributed by atoms with Gasteiger partial charge in [0.1, 0.15) is 6.10 Å². The number of nitrogens with zero attached hydrogens (tertiary/aromatic N) is 1. The first kappa shape index (κ1) is 14.7. The fourth-order valence-electron chi connectivity index (χ4n) is 3.80. The maximum absolute atomic E-state index is 12.9. The van der Waals surface area contributed by atoms with Gasteiger partial charge in [-0.1, -0.05) is 42.5 Å². The molecule has 23 heavy (non-hydrogen) atoms. The van der Waals surface area contributed by atoms with Crippen LogP contribution in [0.5, 0.6) is 0 Å². The molecule has 2 heterocycles. The number of hydrogen-bond donors (Lipinski definition) is 1. The second-order valence-electron chi connectivity index (χ2n) is 6.32. The van der Waals surface area contributed by atoms with Crippen LogP contribution in [-0.2, 0) is 9.53 Å². The number of nitrogens with one attached hydrogen (secondary N) is 1. The van der Waals surface area contributed by atoms with Crippen molar-refractivity contribution in [3.05, 3.63) is 48.0 Å². The first-order valence-corrected chi connectivity index (χ1v) is 8.45. The molecule has 2 fully saturated rings. The molecular formula is C19H22N2O2. The van der Waals surface area contributed by atoms with Crippen LogP contribution in [0.4, 0.5) is 0 Å². The number of carbonyl (C=O) groups excluding carboxylic acids is 1. The van der Waals surface area contributed by atoms with Gasteiger partial charge in [-0.15, -0.1) is 0 Å². The number of ether oxygens (including phenoxy) is 1. The Balaban J connectivity index is 1.65. The molecule has 2 aromatic carbocycles. The maximum Gasteiger partial charge on any atom is 0.253 e. The Hall–Kier alpha value is -1.91. The molecule has 2 aliphatic rings. The third-order valence-electron chi connectivity index (χ3n) is 4.92. The third kappa shape index (κ3) is 2.73. The summed E-state index contributed by atoms with van der Waals surface area (Å²) in [6.45, 7) is 2.89. The Morgan fingerprint density at radius 1 is 1.17 bits per heavy atom. The second kappa shape index (κ2) is 6.30. The van der Waals surface area contributed by atoms with Gasteiger partial charge in [-0.25, -0.2) is 0 Å². The van der Waals surface area contributed by atoms with Crippen LogP contribution < -0.4 is 5.32 Å². The van der Waals surface area contributed by atoms with E-state index in [-0.39, 0.29) is 18.1 Å². The van der Waals surface area contributed by atoms with E-state index in [9.17, 15) is 4.79 Å². The molecule has 1 amide bonds. The molecule has 2 saturated heterocycles. The van der Waals surface area contributed by atoms with Crippen molar-refractivity contribution in [2.75, 3.05) is 26.2 Å². The Morgan fingerprint density at radius 2 is 2.04 bits per heavy atom. The molecule has 4 rings (SSSR count). The lowest BCUT2D eigenvalue weighted by atomic mass is 9.97. The van der Waals surface area contributed by atoms with E-state index in [1.54, 1.807) is 0 Å². The van der Waals surface area contributed by atoms with Crippen molar-refractivity contribution in [2.45, 2.75) is 25.0 Å². The summed E-state index contributed by atoms with van der Waals surface area (Å²) in [7, 11) is 0. The summed E-state index contributed by atoms with van der Waals surface area (Å²) in [6.07, 6.45) is 1.75. The van der Waals surface area contributed by atoms with E-state index in [4.69, 9.17) is 4.74 Å². The van der Waals surface area contributed by atoms with Gasteiger partial charge in [0, 0.05) is 19.6 Å². The molecule has 0 saturated carbocycles. The number of fused-ring (bicyclic) bond motifs is 1. The molecule has 2 atom stereocenters. The highest BCUT2D eigenvalue weighted by molar-refractivity contribution is 5.87. The minimum Gasteiger partial charge on any atom is -0.366 e.